The number of hydrogen-bond acceptors (Lipinski definition) is 4. The van der Waals surface area contributed by atoms with Crippen LogP contribution in [0.1, 0.15) is 16.8 Å². The first-order chi connectivity index (χ1) is 12.0. The topological polar surface area (TPSA) is 70.4 Å². The number of carbonyl (C=O) groups excluding carboxylic acids is 2. The molecule has 0 aliphatic carbocycles. The third-order valence-corrected chi connectivity index (χ3v) is 3.27. The van der Waals surface area contributed by atoms with Crippen LogP contribution in [-0.2, 0) is 9.53 Å². The van der Waals surface area contributed by atoms with Gasteiger partial charge in [-0.05, 0) is 42.5 Å². The van der Waals surface area contributed by atoms with Crippen LogP contribution in [0, 0.1) is 23.0 Å². The lowest BCUT2D eigenvalue weighted by atomic mass is 10.2. The van der Waals surface area contributed by atoms with Crippen molar-refractivity contribution in [2.24, 2.45) is 0 Å². The van der Waals surface area contributed by atoms with Gasteiger partial charge in [-0.15, -0.1) is 0 Å². The summed E-state index contributed by atoms with van der Waals surface area (Å²) < 4.78 is 31.0. The molecule has 0 heterocycles. The Morgan fingerprint density at radius 1 is 1.08 bits per heavy atom. The van der Waals surface area contributed by atoms with Gasteiger partial charge in [0.15, 0.2) is 6.61 Å². The Morgan fingerprint density at radius 2 is 1.80 bits per heavy atom. The summed E-state index contributed by atoms with van der Waals surface area (Å²) in [7, 11) is 0. The van der Waals surface area contributed by atoms with Gasteiger partial charge in [0.2, 0.25) is 0 Å². The van der Waals surface area contributed by atoms with E-state index in [1.165, 1.54) is 47.4 Å². The first-order valence-electron chi connectivity index (χ1n) is 7.37. The van der Waals surface area contributed by atoms with Gasteiger partial charge in [0, 0.05) is 12.2 Å². The predicted molar refractivity (Wildman–Crippen MR) is 85.7 cm³/mol. The normalized spacial score (nSPS) is 9.96. The number of nitriles is 1. The maximum absolute atomic E-state index is 13.1. The molecule has 0 atom stereocenters. The van der Waals surface area contributed by atoms with Gasteiger partial charge in [0.05, 0.1) is 18.1 Å². The summed E-state index contributed by atoms with van der Waals surface area (Å²) in [5.41, 5.74) is 0.363. The largest absolute Gasteiger partial charge is 0.452 e. The van der Waals surface area contributed by atoms with Crippen LogP contribution in [-0.4, -0.2) is 25.0 Å². The number of hydrogen-bond donors (Lipinski definition) is 0. The van der Waals surface area contributed by atoms with Gasteiger partial charge in [0.25, 0.3) is 5.91 Å². The van der Waals surface area contributed by atoms with Gasteiger partial charge in [-0.2, -0.15) is 5.26 Å². The summed E-state index contributed by atoms with van der Waals surface area (Å²) in [5.74, 6) is -2.48. The molecule has 2 aromatic carbocycles. The molecule has 0 radical (unpaired) electrons. The number of ether oxygens (including phenoxy) is 1. The fourth-order valence-corrected chi connectivity index (χ4v) is 2.08. The number of amides is 1. The van der Waals surface area contributed by atoms with E-state index in [-0.39, 0.29) is 18.5 Å². The maximum atomic E-state index is 13.1. The average Bonchev–Trinajstić information content (AvgIpc) is 2.61. The molecule has 0 spiro atoms. The van der Waals surface area contributed by atoms with E-state index in [1.807, 2.05) is 6.07 Å². The van der Waals surface area contributed by atoms with Crippen LogP contribution in [0.25, 0.3) is 0 Å². The molecule has 5 nitrogen and oxygen atoms in total. The van der Waals surface area contributed by atoms with Gasteiger partial charge >= 0.3 is 5.97 Å². The summed E-state index contributed by atoms with van der Waals surface area (Å²) in [6.07, 6.45) is 0.0565. The molecule has 7 heteroatoms. The van der Waals surface area contributed by atoms with Crippen molar-refractivity contribution >= 4 is 17.6 Å². The monoisotopic (exact) mass is 344 g/mol. The van der Waals surface area contributed by atoms with Crippen molar-refractivity contribution in [1.82, 2.24) is 0 Å². The lowest BCUT2D eigenvalue weighted by molar-refractivity contribution is -0.121. The summed E-state index contributed by atoms with van der Waals surface area (Å²) in [6, 6.07) is 12.0. The van der Waals surface area contributed by atoms with E-state index in [4.69, 9.17) is 10.00 Å². The Balaban J connectivity index is 2.05. The van der Waals surface area contributed by atoms with Crippen LogP contribution >= 0.6 is 0 Å². The molecule has 0 saturated carbocycles. The van der Waals surface area contributed by atoms with Crippen LogP contribution in [0.2, 0.25) is 0 Å². The number of nitrogens with zero attached hydrogens (tertiary/aromatic N) is 2. The molecule has 0 bridgehead atoms. The molecule has 0 N–H and O–H groups in total. The highest BCUT2D eigenvalue weighted by Gasteiger charge is 2.18. The molecular formula is C18H14F2N2O3. The van der Waals surface area contributed by atoms with E-state index in [9.17, 15) is 18.4 Å². The van der Waals surface area contributed by atoms with Gasteiger partial charge < -0.3 is 9.64 Å². The molecule has 0 fully saturated rings. The van der Waals surface area contributed by atoms with Gasteiger partial charge in [-0.25, -0.2) is 13.6 Å². The Kier molecular flexibility index (Phi) is 6.18. The SMILES string of the molecule is N#CCCN(C(=O)COC(=O)c1cccc(F)c1)c1ccc(F)cc1. The zero-order valence-electron chi connectivity index (χ0n) is 13.1. The molecule has 0 aromatic heterocycles. The molecule has 0 aliphatic rings. The minimum Gasteiger partial charge on any atom is -0.452 e. The Hall–Kier alpha value is -3.27. The van der Waals surface area contributed by atoms with E-state index in [2.05, 4.69) is 0 Å². The molecule has 0 saturated heterocycles. The Labute approximate surface area is 143 Å². The minimum atomic E-state index is -0.841. The van der Waals surface area contributed by atoms with Crippen LogP contribution in [0.3, 0.4) is 0 Å². The summed E-state index contributed by atoms with van der Waals surface area (Å²) in [4.78, 5) is 25.4. The standard InChI is InChI=1S/C18H14F2N2O3/c19-14-5-7-16(8-6-14)22(10-2-9-21)17(23)12-25-18(24)13-3-1-4-15(20)11-13/h1,3-8,11H,2,10,12H2. The second kappa shape index (κ2) is 8.55. The second-order valence-corrected chi connectivity index (χ2v) is 5.02. The van der Waals surface area contributed by atoms with Crippen molar-refractivity contribution < 1.29 is 23.1 Å². The second-order valence-electron chi connectivity index (χ2n) is 5.02. The zero-order chi connectivity index (χ0) is 18.2. The first-order valence-corrected chi connectivity index (χ1v) is 7.37. The third kappa shape index (κ3) is 5.11. The number of rotatable bonds is 6. The third-order valence-electron chi connectivity index (χ3n) is 3.27. The highest BCUT2D eigenvalue weighted by molar-refractivity contribution is 5.97. The quantitative estimate of drug-likeness (QED) is 0.755. The van der Waals surface area contributed by atoms with Gasteiger partial charge in [-0.3, -0.25) is 4.79 Å². The van der Waals surface area contributed by atoms with E-state index < -0.39 is 30.1 Å². The van der Waals surface area contributed by atoms with Crippen LogP contribution in [0.5, 0.6) is 0 Å². The molecule has 0 aliphatic heterocycles. The van der Waals surface area contributed by atoms with Crippen molar-refractivity contribution in [3.63, 3.8) is 0 Å². The zero-order valence-corrected chi connectivity index (χ0v) is 13.1. The lowest BCUT2D eigenvalue weighted by Crippen LogP contribution is -2.35. The number of halogens is 2. The maximum Gasteiger partial charge on any atom is 0.338 e. The van der Waals surface area contributed by atoms with Crippen molar-refractivity contribution in [2.45, 2.75) is 6.42 Å². The van der Waals surface area contributed by atoms with Crippen molar-refractivity contribution in [3.05, 3.63) is 65.7 Å². The predicted octanol–water partition coefficient (Wildman–Crippen LogP) is 3.07. The van der Waals surface area contributed by atoms with Crippen molar-refractivity contribution in [2.75, 3.05) is 18.1 Å². The summed E-state index contributed by atoms with van der Waals surface area (Å²) in [5, 5.41) is 8.71. The van der Waals surface area contributed by atoms with E-state index in [0.29, 0.717) is 5.69 Å². The van der Waals surface area contributed by atoms with Crippen molar-refractivity contribution in [1.29, 1.82) is 5.26 Å². The Morgan fingerprint density at radius 3 is 2.44 bits per heavy atom. The molecule has 2 rings (SSSR count). The van der Waals surface area contributed by atoms with Crippen LogP contribution in [0.15, 0.2) is 48.5 Å². The van der Waals surface area contributed by atoms with Crippen molar-refractivity contribution in [3.8, 4) is 6.07 Å². The Bertz CT molecular complexity index is 801. The van der Waals surface area contributed by atoms with Crippen LogP contribution in [0.4, 0.5) is 14.5 Å². The fourth-order valence-electron chi connectivity index (χ4n) is 2.08. The molecular weight excluding hydrogens is 330 g/mol. The fraction of sp³-hybridized carbons (Fsp3) is 0.167. The number of benzene rings is 2. The first kappa shape index (κ1) is 18.1. The molecule has 1 amide bonds. The minimum absolute atomic E-state index is 0.0156. The molecule has 2 aromatic rings. The van der Waals surface area contributed by atoms with Gasteiger partial charge in [-0.1, -0.05) is 6.07 Å². The smallest absolute Gasteiger partial charge is 0.338 e. The van der Waals surface area contributed by atoms with E-state index >= 15 is 0 Å². The molecule has 128 valence electrons. The number of anilines is 1. The average molecular weight is 344 g/mol. The summed E-state index contributed by atoms with van der Waals surface area (Å²) >= 11 is 0. The number of carbonyl (C=O) groups is 2. The lowest BCUT2D eigenvalue weighted by Gasteiger charge is -2.21. The highest BCUT2D eigenvalue weighted by atomic mass is 19.1. The van der Waals surface area contributed by atoms with E-state index in [0.717, 1.165) is 6.07 Å². The van der Waals surface area contributed by atoms with Gasteiger partial charge in [0.1, 0.15) is 11.6 Å². The van der Waals surface area contributed by atoms with Crippen LogP contribution < -0.4 is 4.90 Å². The number of esters is 1. The van der Waals surface area contributed by atoms with E-state index in [1.54, 1.807) is 0 Å². The highest BCUT2D eigenvalue weighted by Crippen LogP contribution is 2.16. The molecule has 25 heavy (non-hydrogen) atoms. The summed E-state index contributed by atoms with van der Waals surface area (Å²) in [6.45, 7) is -0.517. The molecule has 0 unspecified atom stereocenters.